The Hall–Kier alpha value is -2.98. The van der Waals surface area contributed by atoms with Crippen molar-refractivity contribution in [1.29, 1.82) is 0 Å². The lowest BCUT2D eigenvalue weighted by molar-refractivity contribution is 0.0932. The number of halogens is 4. The second-order valence-corrected chi connectivity index (χ2v) is 5.80. The van der Waals surface area contributed by atoms with Crippen molar-refractivity contribution in [3.05, 3.63) is 47.2 Å². The van der Waals surface area contributed by atoms with E-state index in [1.54, 1.807) is 23.9 Å². The Morgan fingerprint density at radius 1 is 1.15 bits per heavy atom. The van der Waals surface area contributed by atoms with E-state index in [4.69, 9.17) is 0 Å². The van der Waals surface area contributed by atoms with Crippen LogP contribution in [-0.2, 0) is 6.54 Å². The smallest absolute Gasteiger partial charge is 0.280 e. The molecular weight excluding hydrogens is 368 g/mol. The molecule has 1 atom stereocenters. The van der Waals surface area contributed by atoms with Crippen molar-refractivity contribution in [2.75, 3.05) is 0 Å². The lowest BCUT2D eigenvalue weighted by Crippen LogP contribution is -2.27. The van der Waals surface area contributed by atoms with Crippen LogP contribution in [0.25, 0.3) is 5.65 Å². The van der Waals surface area contributed by atoms with E-state index >= 15 is 0 Å². The van der Waals surface area contributed by atoms with E-state index in [9.17, 15) is 22.4 Å². The van der Waals surface area contributed by atoms with E-state index in [-0.39, 0.29) is 11.3 Å². The molecular formula is C16H16F4N6O. The third-order valence-electron chi connectivity index (χ3n) is 3.93. The molecule has 144 valence electrons. The van der Waals surface area contributed by atoms with Gasteiger partial charge in [-0.15, -0.1) is 0 Å². The average molecular weight is 384 g/mol. The molecule has 3 aromatic heterocycles. The highest BCUT2D eigenvalue weighted by Gasteiger charge is 2.23. The predicted octanol–water partition coefficient (Wildman–Crippen LogP) is 3.31. The topological polar surface area (TPSA) is 77.1 Å². The van der Waals surface area contributed by atoms with Crippen molar-refractivity contribution in [3.8, 4) is 0 Å². The summed E-state index contributed by atoms with van der Waals surface area (Å²) in [6, 6.07) is 2.94. The lowest BCUT2D eigenvalue weighted by atomic mass is 10.2. The van der Waals surface area contributed by atoms with Gasteiger partial charge in [0, 0.05) is 18.8 Å². The molecule has 0 fully saturated rings. The molecule has 3 rings (SSSR count). The number of carbonyl (C=O) groups excluding carboxylic acids is 1. The first-order chi connectivity index (χ1) is 12.8. The fraction of sp³-hybridized carbons (Fsp3) is 0.375. The Morgan fingerprint density at radius 2 is 1.89 bits per heavy atom. The molecule has 3 aromatic rings. The second kappa shape index (κ2) is 7.33. The van der Waals surface area contributed by atoms with Crippen molar-refractivity contribution >= 4 is 11.6 Å². The molecule has 1 unspecified atom stereocenters. The van der Waals surface area contributed by atoms with E-state index in [0.717, 1.165) is 6.07 Å². The highest BCUT2D eigenvalue weighted by Crippen LogP contribution is 2.25. The Labute approximate surface area is 151 Å². The fourth-order valence-electron chi connectivity index (χ4n) is 2.53. The quantitative estimate of drug-likeness (QED) is 0.662. The average Bonchev–Trinajstić information content (AvgIpc) is 3.27. The number of hydrogen-bond acceptors (Lipinski definition) is 4. The molecule has 0 radical (unpaired) electrons. The Morgan fingerprint density at radius 3 is 2.48 bits per heavy atom. The van der Waals surface area contributed by atoms with E-state index in [0.29, 0.717) is 22.8 Å². The maximum Gasteiger partial charge on any atom is 0.280 e. The number of fused-ring (bicyclic) bond motifs is 1. The molecule has 3 heterocycles. The van der Waals surface area contributed by atoms with Crippen LogP contribution in [0.4, 0.5) is 17.6 Å². The van der Waals surface area contributed by atoms with Crippen LogP contribution < -0.4 is 5.32 Å². The molecule has 0 aliphatic heterocycles. The molecule has 0 spiro atoms. The van der Waals surface area contributed by atoms with Crippen LogP contribution in [0.1, 0.15) is 60.3 Å². The zero-order valence-corrected chi connectivity index (χ0v) is 14.4. The van der Waals surface area contributed by atoms with E-state index < -0.39 is 36.2 Å². The summed E-state index contributed by atoms with van der Waals surface area (Å²) >= 11 is 0. The van der Waals surface area contributed by atoms with Gasteiger partial charge < -0.3 is 5.32 Å². The maximum absolute atomic E-state index is 13.2. The number of hydrogen-bond donors (Lipinski definition) is 1. The van der Waals surface area contributed by atoms with E-state index in [1.807, 2.05) is 6.92 Å². The SMILES string of the molecule is CCn1ccc(C(C)NC(=O)c2cc3nc(C(F)F)cc(C(F)F)n3n2)n1. The molecule has 27 heavy (non-hydrogen) atoms. The van der Waals surface area contributed by atoms with Crippen LogP contribution in [0, 0.1) is 0 Å². The first-order valence-corrected chi connectivity index (χ1v) is 8.11. The zero-order valence-electron chi connectivity index (χ0n) is 14.4. The molecule has 11 heteroatoms. The van der Waals surface area contributed by atoms with Gasteiger partial charge in [-0.05, 0) is 26.0 Å². The maximum atomic E-state index is 13.2. The van der Waals surface area contributed by atoms with Crippen LogP contribution in [0.5, 0.6) is 0 Å². The minimum absolute atomic E-state index is 0.211. The summed E-state index contributed by atoms with van der Waals surface area (Å²) in [5.41, 5.74) is -1.42. The van der Waals surface area contributed by atoms with Crippen LogP contribution in [0.2, 0.25) is 0 Å². The molecule has 0 aliphatic carbocycles. The summed E-state index contributed by atoms with van der Waals surface area (Å²) in [6.45, 7) is 4.29. The number of nitrogens with one attached hydrogen (secondary N) is 1. The van der Waals surface area contributed by atoms with E-state index in [1.165, 1.54) is 0 Å². The predicted molar refractivity (Wildman–Crippen MR) is 86.7 cm³/mol. The number of aromatic nitrogens is 5. The molecule has 0 saturated carbocycles. The van der Waals surface area contributed by atoms with Gasteiger partial charge in [-0.2, -0.15) is 10.2 Å². The van der Waals surface area contributed by atoms with Crippen LogP contribution in [-0.4, -0.2) is 30.3 Å². The molecule has 7 nitrogen and oxygen atoms in total. The number of carbonyl (C=O) groups is 1. The van der Waals surface area contributed by atoms with Crippen molar-refractivity contribution in [1.82, 2.24) is 29.7 Å². The summed E-state index contributed by atoms with van der Waals surface area (Å²) in [7, 11) is 0. The second-order valence-electron chi connectivity index (χ2n) is 5.80. The van der Waals surface area contributed by atoms with Gasteiger partial charge >= 0.3 is 0 Å². The van der Waals surface area contributed by atoms with E-state index in [2.05, 4.69) is 20.5 Å². The van der Waals surface area contributed by atoms with Crippen molar-refractivity contribution in [3.63, 3.8) is 0 Å². The minimum Gasteiger partial charge on any atom is -0.342 e. The van der Waals surface area contributed by atoms with Crippen LogP contribution in [0.3, 0.4) is 0 Å². The zero-order chi connectivity index (χ0) is 19.7. The molecule has 0 saturated heterocycles. The molecule has 0 aromatic carbocycles. The highest BCUT2D eigenvalue weighted by molar-refractivity contribution is 5.93. The van der Waals surface area contributed by atoms with Gasteiger partial charge in [-0.3, -0.25) is 9.48 Å². The summed E-state index contributed by atoms with van der Waals surface area (Å²) < 4.78 is 54.5. The standard InChI is InChI=1S/C16H16F4N6O/c1-3-25-5-4-9(23-25)8(2)21-16(27)11-7-13-22-10(14(17)18)6-12(15(19)20)26(13)24-11/h4-8,14-15H,3H2,1-2H3,(H,21,27). The Balaban J connectivity index is 1.89. The third kappa shape index (κ3) is 3.76. The Kier molecular flexibility index (Phi) is 5.10. The van der Waals surface area contributed by atoms with Crippen LogP contribution >= 0.6 is 0 Å². The normalized spacial score (nSPS) is 12.9. The number of aryl methyl sites for hydroxylation is 1. The van der Waals surface area contributed by atoms with Gasteiger partial charge in [0.1, 0.15) is 11.4 Å². The number of alkyl halides is 4. The van der Waals surface area contributed by atoms with Crippen molar-refractivity contribution in [2.45, 2.75) is 39.3 Å². The Bertz CT molecular complexity index is 967. The first-order valence-electron chi connectivity index (χ1n) is 8.11. The molecule has 1 amide bonds. The van der Waals surface area contributed by atoms with Gasteiger partial charge in [0.15, 0.2) is 11.3 Å². The first kappa shape index (κ1) is 18.8. The molecule has 0 aliphatic rings. The third-order valence-corrected chi connectivity index (χ3v) is 3.93. The summed E-state index contributed by atoms with van der Waals surface area (Å²) in [6.07, 6.45) is -4.32. The number of rotatable bonds is 6. The monoisotopic (exact) mass is 384 g/mol. The van der Waals surface area contributed by atoms with Gasteiger partial charge in [-0.1, -0.05) is 0 Å². The highest BCUT2D eigenvalue weighted by atomic mass is 19.3. The number of amides is 1. The summed E-state index contributed by atoms with van der Waals surface area (Å²) in [4.78, 5) is 16.0. The van der Waals surface area contributed by atoms with Gasteiger partial charge in [-0.25, -0.2) is 27.1 Å². The number of nitrogens with zero attached hydrogens (tertiary/aromatic N) is 5. The van der Waals surface area contributed by atoms with Gasteiger partial charge in [0.2, 0.25) is 0 Å². The van der Waals surface area contributed by atoms with Crippen LogP contribution in [0.15, 0.2) is 24.4 Å². The van der Waals surface area contributed by atoms with Crippen molar-refractivity contribution < 1.29 is 22.4 Å². The largest absolute Gasteiger partial charge is 0.342 e. The molecule has 1 N–H and O–H groups in total. The van der Waals surface area contributed by atoms with Crippen molar-refractivity contribution in [2.24, 2.45) is 0 Å². The summed E-state index contributed by atoms with van der Waals surface area (Å²) in [5, 5.41) is 10.7. The van der Waals surface area contributed by atoms with Gasteiger partial charge in [0.25, 0.3) is 18.8 Å². The summed E-state index contributed by atoms with van der Waals surface area (Å²) in [5.74, 6) is -0.655. The fourth-order valence-corrected chi connectivity index (χ4v) is 2.53. The van der Waals surface area contributed by atoms with Gasteiger partial charge in [0.05, 0.1) is 11.7 Å². The minimum atomic E-state index is -3.05. The lowest BCUT2D eigenvalue weighted by Gasteiger charge is -2.10. The molecule has 0 bridgehead atoms.